The normalized spacial score (nSPS) is 10.2. The summed E-state index contributed by atoms with van der Waals surface area (Å²) in [6.45, 7) is 20.5. The molecule has 21 heavy (non-hydrogen) atoms. The molecule has 0 aromatic carbocycles. The monoisotopic (exact) mass is 343 g/mol. The molecular formula is C16H36CoN4. The summed E-state index contributed by atoms with van der Waals surface area (Å²) in [6, 6.07) is 1.77. The first-order chi connectivity index (χ1) is 8.93. The van der Waals surface area contributed by atoms with Crippen LogP contribution in [0.15, 0.2) is 0 Å². The van der Waals surface area contributed by atoms with Crippen molar-refractivity contribution in [1.29, 1.82) is 10.8 Å². The molecule has 1 radical (unpaired) electrons. The molecule has 5 heteroatoms. The van der Waals surface area contributed by atoms with Gasteiger partial charge < -0.3 is 9.80 Å². The minimum atomic E-state index is 0. The zero-order valence-corrected chi connectivity index (χ0v) is 16.6. The summed E-state index contributed by atoms with van der Waals surface area (Å²) in [5.74, 6) is 1.31. The van der Waals surface area contributed by atoms with E-state index in [4.69, 9.17) is 10.8 Å². The number of nitrogens with zero attached hydrogens (tertiary/aromatic N) is 2. The molecule has 0 aromatic rings. The minimum absolute atomic E-state index is 0. The zero-order valence-electron chi connectivity index (χ0n) is 15.5. The van der Waals surface area contributed by atoms with Crippen LogP contribution in [0.1, 0.15) is 69.2 Å². The average Bonchev–Trinajstić information content (AvgIpc) is 2.12. The number of amidine groups is 2. The van der Waals surface area contributed by atoms with E-state index in [-0.39, 0.29) is 16.8 Å². The maximum atomic E-state index is 7.44. The fraction of sp³-hybridized carbons (Fsp3) is 0.875. The quantitative estimate of drug-likeness (QED) is 0.594. The second-order valence-corrected chi connectivity index (χ2v) is 6.36. The van der Waals surface area contributed by atoms with Gasteiger partial charge >= 0.3 is 0 Å². The predicted octanol–water partition coefficient (Wildman–Crippen LogP) is 4.20. The first kappa shape index (κ1) is 25.4. The van der Waals surface area contributed by atoms with E-state index in [1.54, 1.807) is 0 Å². The molecule has 2 N–H and O–H groups in total. The van der Waals surface area contributed by atoms with Crippen molar-refractivity contribution in [3.05, 3.63) is 0 Å². The summed E-state index contributed by atoms with van der Waals surface area (Å²) >= 11 is 0. The molecule has 0 saturated heterocycles. The van der Waals surface area contributed by atoms with Gasteiger partial charge in [-0.25, -0.2) is 0 Å². The Labute approximate surface area is 142 Å². The van der Waals surface area contributed by atoms with Crippen LogP contribution in [0.5, 0.6) is 0 Å². The third kappa shape index (κ3) is 10.8. The SMILES string of the molecule is CC(=N)N(C(C)C)C(C)C.CC(=N)N(C(C)C)C(C)C.[Co]. The molecule has 0 heterocycles. The first-order valence-corrected chi connectivity index (χ1v) is 7.60. The molecule has 0 aliphatic heterocycles. The van der Waals surface area contributed by atoms with Crippen LogP contribution in [0, 0.1) is 10.8 Å². The molecule has 0 atom stereocenters. The van der Waals surface area contributed by atoms with E-state index in [9.17, 15) is 0 Å². The van der Waals surface area contributed by atoms with Gasteiger partial charge in [0.2, 0.25) is 0 Å². The van der Waals surface area contributed by atoms with Crippen molar-refractivity contribution in [1.82, 2.24) is 9.80 Å². The van der Waals surface area contributed by atoms with Crippen molar-refractivity contribution in [3.8, 4) is 0 Å². The van der Waals surface area contributed by atoms with Crippen LogP contribution in [0.3, 0.4) is 0 Å². The topological polar surface area (TPSA) is 54.2 Å². The van der Waals surface area contributed by atoms with Gasteiger partial charge in [0.15, 0.2) is 0 Å². The fourth-order valence-electron chi connectivity index (χ4n) is 2.74. The molecule has 0 spiro atoms. The molecule has 0 unspecified atom stereocenters. The number of rotatable bonds is 4. The van der Waals surface area contributed by atoms with Gasteiger partial charge in [0.25, 0.3) is 0 Å². The van der Waals surface area contributed by atoms with E-state index in [1.807, 2.05) is 13.8 Å². The van der Waals surface area contributed by atoms with Crippen LogP contribution >= 0.6 is 0 Å². The predicted molar refractivity (Wildman–Crippen MR) is 91.0 cm³/mol. The summed E-state index contributed by atoms with van der Waals surface area (Å²) in [5.41, 5.74) is 0. The Morgan fingerprint density at radius 1 is 0.571 bits per heavy atom. The smallest absolute Gasteiger partial charge is 0.0930 e. The van der Waals surface area contributed by atoms with Crippen molar-refractivity contribution >= 4 is 11.7 Å². The number of hydrogen-bond acceptors (Lipinski definition) is 2. The van der Waals surface area contributed by atoms with Crippen LogP contribution in [0.2, 0.25) is 0 Å². The van der Waals surface area contributed by atoms with Gasteiger partial charge in [0, 0.05) is 40.9 Å². The Bertz CT molecular complexity index is 253. The Morgan fingerprint density at radius 3 is 0.714 bits per heavy atom. The molecule has 0 aliphatic rings. The van der Waals surface area contributed by atoms with Crippen molar-refractivity contribution < 1.29 is 16.8 Å². The molecule has 129 valence electrons. The van der Waals surface area contributed by atoms with E-state index in [1.165, 1.54) is 0 Å². The standard InChI is InChI=1S/2C8H18N2.Co/c2*1-6(2)10(7(3)4)8(5)9;/h2*6-7,9H,1-5H3;. The molecule has 0 aliphatic carbocycles. The van der Waals surface area contributed by atoms with E-state index >= 15 is 0 Å². The third-order valence-corrected chi connectivity index (χ3v) is 3.00. The Morgan fingerprint density at radius 2 is 0.714 bits per heavy atom. The molecule has 0 fully saturated rings. The van der Waals surface area contributed by atoms with Gasteiger partial charge in [-0.05, 0) is 69.2 Å². The van der Waals surface area contributed by atoms with E-state index in [0.717, 1.165) is 0 Å². The summed E-state index contributed by atoms with van der Waals surface area (Å²) in [7, 11) is 0. The van der Waals surface area contributed by atoms with Gasteiger partial charge in [-0.2, -0.15) is 0 Å². The number of nitrogens with one attached hydrogen (secondary N) is 2. The summed E-state index contributed by atoms with van der Waals surface area (Å²) < 4.78 is 0. The van der Waals surface area contributed by atoms with E-state index in [2.05, 4.69) is 65.2 Å². The summed E-state index contributed by atoms with van der Waals surface area (Å²) in [6.07, 6.45) is 0. The van der Waals surface area contributed by atoms with Gasteiger partial charge in [0.05, 0.1) is 11.7 Å². The average molecular weight is 343 g/mol. The van der Waals surface area contributed by atoms with E-state index < -0.39 is 0 Å². The van der Waals surface area contributed by atoms with Crippen LogP contribution in [-0.4, -0.2) is 45.6 Å². The maximum Gasteiger partial charge on any atom is 0.0930 e. The van der Waals surface area contributed by atoms with Crippen molar-refractivity contribution in [2.24, 2.45) is 0 Å². The fourth-order valence-corrected chi connectivity index (χ4v) is 2.74. The van der Waals surface area contributed by atoms with Gasteiger partial charge in [-0.15, -0.1) is 0 Å². The van der Waals surface area contributed by atoms with Crippen molar-refractivity contribution in [2.45, 2.75) is 93.4 Å². The molecule has 0 amide bonds. The maximum absolute atomic E-state index is 7.44. The molecule has 0 bridgehead atoms. The molecular weight excluding hydrogens is 307 g/mol. The molecule has 0 saturated carbocycles. The van der Waals surface area contributed by atoms with Crippen LogP contribution in [0.25, 0.3) is 0 Å². The van der Waals surface area contributed by atoms with Gasteiger partial charge in [0.1, 0.15) is 0 Å². The minimum Gasteiger partial charge on any atom is -0.356 e. The van der Waals surface area contributed by atoms with E-state index in [0.29, 0.717) is 35.8 Å². The second kappa shape index (κ2) is 12.0. The van der Waals surface area contributed by atoms with Gasteiger partial charge in [-0.3, -0.25) is 10.8 Å². The van der Waals surface area contributed by atoms with Gasteiger partial charge in [-0.1, -0.05) is 0 Å². The largest absolute Gasteiger partial charge is 0.356 e. The van der Waals surface area contributed by atoms with Crippen LogP contribution in [0.4, 0.5) is 0 Å². The summed E-state index contributed by atoms with van der Waals surface area (Å²) in [5, 5.41) is 14.9. The van der Waals surface area contributed by atoms with Crippen molar-refractivity contribution in [3.63, 3.8) is 0 Å². The summed E-state index contributed by atoms with van der Waals surface area (Å²) in [4.78, 5) is 4.17. The van der Waals surface area contributed by atoms with Crippen molar-refractivity contribution in [2.75, 3.05) is 0 Å². The van der Waals surface area contributed by atoms with Crippen LogP contribution < -0.4 is 0 Å². The first-order valence-electron chi connectivity index (χ1n) is 7.60. The zero-order chi connectivity index (χ0) is 16.6. The molecule has 0 aromatic heterocycles. The van der Waals surface area contributed by atoms with Crippen LogP contribution in [-0.2, 0) is 16.8 Å². The molecule has 0 rings (SSSR count). The third-order valence-electron chi connectivity index (χ3n) is 3.00. The second-order valence-electron chi connectivity index (χ2n) is 6.36. The Kier molecular flexibility index (Phi) is 14.6. The molecule has 4 nitrogen and oxygen atoms in total. The Balaban J connectivity index is -0.000000295. The number of hydrogen-bond donors (Lipinski definition) is 2. The Hall–Kier alpha value is -0.554.